The van der Waals surface area contributed by atoms with E-state index < -0.39 is 12.2 Å². The van der Waals surface area contributed by atoms with Crippen LogP contribution in [0.15, 0.2) is 107 Å². The second-order valence-corrected chi connectivity index (χ2v) is 11.8. The molecule has 0 bridgehead atoms. The van der Waals surface area contributed by atoms with Gasteiger partial charge in [-0.05, 0) is 67.0 Å². The number of aliphatic hydroxyl groups excluding tert-OH is 1. The van der Waals surface area contributed by atoms with Gasteiger partial charge in [-0.25, -0.2) is 4.79 Å². The normalized spacial score (nSPS) is 20.8. The summed E-state index contributed by atoms with van der Waals surface area (Å²) in [5, 5.41) is 17.4. The predicted molar refractivity (Wildman–Crippen MR) is 171 cm³/mol. The van der Waals surface area contributed by atoms with Gasteiger partial charge < -0.3 is 25.2 Å². The van der Waals surface area contributed by atoms with Crippen molar-refractivity contribution < 1.29 is 24.2 Å². The maximum Gasteiger partial charge on any atom is 0.416 e. The first-order valence-electron chi connectivity index (χ1n) is 15.1. The summed E-state index contributed by atoms with van der Waals surface area (Å²) in [5.74, 6) is 0.929. The number of aryl methyl sites for hydroxylation is 1. The Morgan fingerprint density at radius 3 is 2.64 bits per heavy atom. The lowest BCUT2D eigenvalue weighted by atomic mass is 9.85. The quantitative estimate of drug-likeness (QED) is 0.290. The van der Waals surface area contributed by atoms with Gasteiger partial charge in [0.15, 0.2) is 0 Å². The standard InChI is InChI=1S/C35H35ClN4O5/c1-22-5-10-27(11-6-22)45-35(43)40-18-15-28-29-20-24(36)9-14-30(29)39-32(28)33(40)23-7-12-26(13-8-23)44-19-16-25(41)21-38-34(42)31-4-2-3-17-37-31/h2-14,17,20,25,29-30,33,39,41H,15-16,18-19,21H2,1H3,(H,38,42)/t25?,29?,30?,33-/m0/s1. The van der Waals surface area contributed by atoms with Crippen LogP contribution in [0.2, 0.25) is 0 Å². The Kier molecular flexibility index (Phi) is 9.18. The molecule has 1 aromatic heterocycles. The molecule has 6 rings (SSSR count). The number of benzene rings is 2. The Morgan fingerprint density at radius 1 is 1.11 bits per heavy atom. The number of aliphatic hydroxyl groups is 1. The van der Waals surface area contributed by atoms with Gasteiger partial charge in [-0.2, -0.15) is 0 Å². The molecular weight excluding hydrogens is 592 g/mol. The van der Waals surface area contributed by atoms with Gasteiger partial charge in [-0.1, -0.05) is 59.6 Å². The third kappa shape index (κ3) is 7.05. The second-order valence-electron chi connectivity index (χ2n) is 11.4. The fraction of sp³-hybridized carbons (Fsp3) is 0.286. The van der Waals surface area contributed by atoms with Crippen molar-refractivity contribution in [3.63, 3.8) is 0 Å². The maximum atomic E-state index is 13.6. The lowest BCUT2D eigenvalue weighted by Gasteiger charge is -2.37. The highest BCUT2D eigenvalue weighted by Crippen LogP contribution is 2.45. The number of carbonyl (C=O) groups is 2. The van der Waals surface area contributed by atoms with E-state index in [1.165, 1.54) is 5.57 Å². The highest BCUT2D eigenvalue weighted by atomic mass is 35.5. The number of halogens is 1. The first kappa shape index (κ1) is 30.4. The summed E-state index contributed by atoms with van der Waals surface area (Å²) in [5.41, 5.74) is 4.54. The highest BCUT2D eigenvalue weighted by molar-refractivity contribution is 6.31. The fourth-order valence-corrected chi connectivity index (χ4v) is 6.11. The minimum atomic E-state index is -0.772. The molecule has 0 saturated carbocycles. The van der Waals surface area contributed by atoms with E-state index in [2.05, 4.69) is 27.8 Å². The van der Waals surface area contributed by atoms with Gasteiger partial charge in [0.05, 0.1) is 18.8 Å². The third-order valence-electron chi connectivity index (χ3n) is 8.24. The van der Waals surface area contributed by atoms with E-state index in [4.69, 9.17) is 21.1 Å². The Morgan fingerprint density at radius 2 is 1.89 bits per heavy atom. The Hall–Kier alpha value is -4.60. The predicted octanol–water partition coefficient (Wildman–Crippen LogP) is 5.43. The van der Waals surface area contributed by atoms with E-state index in [0.717, 1.165) is 16.8 Å². The number of pyridine rings is 1. The maximum absolute atomic E-state index is 13.6. The first-order chi connectivity index (χ1) is 21.9. The van der Waals surface area contributed by atoms with Gasteiger partial charge in [-0.3, -0.25) is 14.7 Å². The number of amides is 2. The average molecular weight is 627 g/mol. The van der Waals surface area contributed by atoms with Gasteiger partial charge in [0.25, 0.3) is 5.91 Å². The van der Waals surface area contributed by atoms with Crippen LogP contribution in [-0.2, 0) is 0 Å². The fourth-order valence-electron chi connectivity index (χ4n) is 5.90. The number of fused-ring (bicyclic) bond motifs is 2. The smallest absolute Gasteiger partial charge is 0.416 e. The summed E-state index contributed by atoms with van der Waals surface area (Å²) in [6.45, 7) is 2.84. The van der Waals surface area contributed by atoms with Crippen LogP contribution < -0.4 is 20.1 Å². The van der Waals surface area contributed by atoms with Gasteiger partial charge in [0.1, 0.15) is 23.2 Å². The first-order valence-corrected chi connectivity index (χ1v) is 15.4. The number of hydrogen-bond donors (Lipinski definition) is 3. The van der Waals surface area contributed by atoms with E-state index >= 15 is 0 Å². The van der Waals surface area contributed by atoms with Gasteiger partial charge in [-0.15, -0.1) is 0 Å². The molecule has 10 heteroatoms. The molecule has 0 spiro atoms. The van der Waals surface area contributed by atoms with Crippen molar-refractivity contribution in [3.05, 3.63) is 124 Å². The van der Waals surface area contributed by atoms with Crippen molar-refractivity contribution >= 4 is 23.6 Å². The number of carbonyl (C=O) groups excluding carboxylic acids is 2. The van der Waals surface area contributed by atoms with Crippen molar-refractivity contribution in [1.82, 2.24) is 20.5 Å². The van der Waals surface area contributed by atoms with Crippen LogP contribution in [0.1, 0.15) is 40.5 Å². The number of hydrogen-bond acceptors (Lipinski definition) is 7. The lowest BCUT2D eigenvalue weighted by Crippen LogP contribution is -2.43. The molecule has 3 unspecified atom stereocenters. The number of rotatable bonds is 9. The molecule has 2 aromatic carbocycles. The zero-order valence-corrected chi connectivity index (χ0v) is 25.6. The molecule has 0 radical (unpaired) electrons. The zero-order valence-electron chi connectivity index (χ0n) is 24.9. The number of aromatic nitrogens is 1. The second kappa shape index (κ2) is 13.6. The number of ether oxygens (including phenoxy) is 2. The van der Waals surface area contributed by atoms with E-state index in [9.17, 15) is 14.7 Å². The van der Waals surface area contributed by atoms with Crippen LogP contribution >= 0.6 is 11.6 Å². The Labute approximate surface area is 267 Å². The molecule has 3 aliphatic rings. The van der Waals surface area contributed by atoms with Crippen LogP contribution in [-0.4, -0.2) is 58.8 Å². The molecule has 1 aliphatic carbocycles. The minimum absolute atomic E-state index is 0.0795. The molecule has 2 amide bonds. The monoisotopic (exact) mass is 626 g/mol. The highest BCUT2D eigenvalue weighted by Gasteiger charge is 2.43. The van der Waals surface area contributed by atoms with E-state index in [0.29, 0.717) is 41.6 Å². The average Bonchev–Trinajstić information content (AvgIpc) is 3.43. The van der Waals surface area contributed by atoms with Crippen LogP contribution in [0, 0.1) is 12.8 Å². The topological polar surface area (TPSA) is 113 Å². The molecular formula is C35H35ClN4O5. The Bertz CT molecular complexity index is 1620. The summed E-state index contributed by atoms with van der Waals surface area (Å²) in [4.78, 5) is 31.5. The SMILES string of the molecule is Cc1ccc(OC(=O)N2CCC3=C(NC4C=CC(Cl)=CC34)[C@@H]2c2ccc(OCCC(O)CNC(=O)c3ccccn3)cc2)cc1. The van der Waals surface area contributed by atoms with Gasteiger partial charge in [0.2, 0.25) is 0 Å². The summed E-state index contributed by atoms with van der Waals surface area (Å²) < 4.78 is 11.7. The van der Waals surface area contributed by atoms with Crippen molar-refractivity contribution in [2.75, 3.05) is 19.7 Å². The molecule has 3 aromatic rings. The number of nitrogens with one attached hydrogen (secondary N) is 2. The lowest BCUT2D eigenvalue weighted by molar-refractivity contribution is 0.0890. The molecule has 232 valence electrons. The number of allylic oxidation sites excluding steroid dienone is 2. The minimum Gasteiger partial charge on any atom is -0.493 e. The summed E-state index contributed by atoms with van der Waals surface area (Å²) in [6.07, 6.45) is 7.46. The summed E-state index contributed by atoms with van der Waals surface area (Å²) >= 11 is 6.37. The Balaban J connectivity index is 1.12. The zero-order chi connectivity index (χ0) is 31.3. The van der Waals surface area contributed by atoms with Crippen molar-refractivity contribution in [1.29, 1.82) is 0 Å². The van der Waals surface area contributed by atoms with Crippen molar-refractivity contribution in [3.8, 4) is 11.5 Å². The molecule has 45 heavy (non-hydrogen) atoms. The summed E-state index contributed by atoms with van der Waals surface area (Å²) in [6, 6.07) is 19.8. The van der Waals surface area contributed by atoms with Crippen LogP contribution in [0.25, 0.3) is 0 Å². The third-order valence-corrected chi connectivity index (χ3v) is 8.49. The van der Waals surface area contributed by atoms with E-state index in [1.807, 2.05) is 49.4 Å². The van der Waals surface area contributed by atoms with Crippen LogP contribution in [0.4, 0.5) is 4.79 Å². The largest absolute Gasteiger partial charge is 0.493 e. The van der Waals surface area contributed by atoms with Crippen LogP contribution in [0.5, 0.6) is 11.5 Å². The van der Waals surface area contributed by atoms with Crippen molar-refractivity contribution in [2.24, 2.45) is 5.92 Å². The molecule has 0 fully saturated rings. The van der Waals surface area contributed by atoms with Crippen molar-refractivity contribution in [2.45, 2.75) is 38.0 Å². The summed E-state index contributed by atoms with van der Waals surface area (Å²) in [7, 11) is 0. The molecule has 9 nitrogen and oxygen atoms in total. The molecule has 4 atom stereocenters. The molecule has 3 heterocycles. The molecule has 0 saturated heterocycles. The van der Waals surface area contributed by atoms with E-state index in [-0.39, 0.29) is 37.1 Å². The molecule has 2 aliphatic heterocycles. The number of nitrogens with zero attached hydrogens (tertiary/aromatic N) is 2. The van der Waals surface area contributed by atoms with Gasteiger partial charge in [0, 0.05) is 42.4 Å². The molecule has 3 N–H and O–H groups in total. The van der Waals surface area contributed by atoms with Crippen LogP contribution in [0.3, 0.4) is 0 Å². The van der Waals surface area contributed by atoms with E-state index in [1.54, 1.807) is 41.4 Å². The van der Waals surface area contributed by atoms with Gasteiger partial charge >= 0.3 is 6.09 Å².